The molecule has 1 amide bonds. The van der Waals surface area contributed by atoms with Gasteiger partial charge in [0.25, 0.3) is 0 Å². The third-order valence-electron chi connectivity index (χ3n) is 3.49. The van der Waals surface area contributed by atoms with Crippen LogP contribution < -0.4 is 0 Å². The molecule has 6 nitrogen and oxygen atoms in total. The molecule has 104 valence electrons. The number of ether oxygens (including phenoxy) is 2. The molecule has 0 aromatic rings. The predicted molar refractivity (Wildman–Crippen MR) is 64.3 cm³/mol. The molecular formula is C12H21NO5. The summed E-state index contributed by atoms with van der Waals surface area (Å²) in [5.41, 5.74) is -0.776. The summed E-state index contributed by atoms with van der Waals surface area (Å²) < 4.78 is 9.95. The van der Waals surface area contributed by atoms with Gasteiger partial charge in [0, 0.05) is 20.2 Å². The van der Waals surface area contributed by atoms with Crippen LogP contribution in [0.2, 0.25) is 0 Å². The molecule has 0 bridgehead atoms. The van der Waals surface area contributed by atoms with Gasteiger partial charge in [-0.25, -0.2) is 0 Å². The number of nitrogens with zero attached hydrogens (tertiary/aromatic N) is 1. The minimum Gasteiger partial charge on any atom is -0.481 e. The maximum Gasteiger partial charge on any atom is 0.311 e. The number of carboxylic acid groups (broad SMARTS) is 1. The van der Waals surface area contributed by atoms with Gasteiger partial charge in [0.15, 0.2) is 0 Å². The molecule has 1 unspecified atom stereocenters. The van der Waals surface area contributed by atoms with Crippen molar-refractivity contribution in [2.75, 3.05) is 40.0 Å². The van der Waals surface area contributed by atoms with E-state index in [-0.39, 0.29) is 19.1 Å². The van der Waals surface area contributed by atoms with Crippen LogP contribution in [0.25, 0.3) is 0 Å². The maximum atomic E-state index is 11.8. The Bertz CT molecular complexity index is 307. The zero-order chi connectivity index (χ0) is 13.6. The van der Waals surface area contributed by atoms with Crippen molar-refractivity contribution >= 4 is 11.9 Å². The zero-order valence-corrected chi connectivity index (χ0v) is 11.0. The molecule has 0 aromatic carbocycles. The minimum absolute atomic E-state index is 0.0111. The van der Waals surface area contributed by atoms with Crippen LogP contribution >= 0.6 is 0 Å². The van der Waals surface area contributed by atoms with Gasteiger partial charge in [-0.1, -0.05) is 6.92 Å². The van der Waals surface area contributed by atoms with Crippen molar-refractivity contribution in [3.63, 3.8) is 0 Å². The first-order valence-electron chi connectivity index (χ1n) is 6.13. The summed E-state index contributed by atoms with van der Waals surface area (Å²) in [6.45, 7) is 3.42. The fourth-order valence-corrected chi connectivity index (χ4v) is 2.09. The van der Waals surface area contributed by atoms with Crippen molar-refractivity contribution in [2.45, 2.75) is 19.8 Å². The summed E-state index contributed by atoms with van der Waals surface area (Å²) in [5.74, 6) is -0.969. The number of carboxylic acids is 1. The van der Waals surface area contributed by atoms with E-state index in [0.29, 0.717) is 32.6 Å². The summed E-state index contributed by atoms with van der Waals surface area (Å²) in [7, 11) is 1.56. The van der Waals surface area contributed by atoms with Crippen LogP contribution in [0.3, 0.4) is 0 Å². The molecule has 1 atom stereocenters. The second-order valence-corrected chi connectivity index (χ2v) is 4.55. The first-order valence-corrected chi connectivity index (χ1v) is 6.13. The molecule has 0 aromatic heterocycles. The molecule has 1 rings (SSSR count). The first-order chi connectivity index (χ1) is 8.55. The highest BCUT2D eigenvalue weighted by Crippen LogP contribution is 2.34. The van der Waals surface area contributed by atoms with Crippen LogP contribution in [0.1, 0.15) is 19.8 Å². The average Bonchev–Trinajstić information content (AvgIpc) is 2.80. The molecule has 6 heteroatoms. The number of carbonyl (C=O) groups is 2. The van der Waals surface area contributed by atoms with Crippen molar-refractivity contribution in [3.8, 4) is 0 Å². The van der Waals surface area contributed by atoms with Crippen molar-refractivity contribution in [1.82, 2.24) is 4.90 Å². The van der Waals surface area contributed by atoms with Gasteiger partial charge in [-0.15, -0.1) is 0 Å². The van der Waals surface area contributed by atoms with E-state index in [0.717, 1.165) is 0 Å². The molecule has 1 aliphatic heterocycles. The van der Waals surface area contributed by atoms with Gasteiger partial charge in [0.1, 0.15) is 6.61 Å². The summed E-state index contributed by atoms with van der Waals surface area (Å²) in [5, 5.41) is 9.22. The van der Waals surface area contributed by atoms with Crippen LogP contribution in [0.5, 0.6) is 0 Å². The number of aliphatic carboxylic acids is 1. The van der Waals surface area contributed by atoms with Crippen LogP contribution in [-0.4, -0.2) is 61.9 Å². The minimum atomic E-state index is -0.819. The predicted octanol–water partition coefficient (Wildman–Crippen LogP) is 0.363. The lowest BCUT2D eigenvalue weighted by Gasteiger charge is -2.23. The third-order valence-corrected chi connectivity index (χ3v) is 3.49. The third kappa shape index (κ3) is 3.43. The van der Waals surface area contributed by atoms with Crippen LogP contribution in [-0.2, 0) is 19.1 Å². The lowest BCUT2D eigenvalue weighted by Crippen LogP contribution is -2.38. The molecule has 1 N–H and O–H groups in total. The standard InChI is InChI=1S/C12H21NO5/c1-3-12(11(15)16)4-5-13(9-12)10(14)8-18-7-6-17-2/h3-9H2,1-2H3,(H,15,16). The lowest BCUT2D eigenvalue weighted by molar-refractivity contribution is -0.149. The van der Waals surface area contributed by atoms with Crippen LogP contribution in [0, 0.1) is 5.41 Å². The molecule has 1 heterocycles. The van der Waals surface area contributed by atoms with Gasteiger partial charge >= 0.3 is 5.97 Å². The first kappa shape index (κ1) is 14.9. The van der Waals surface area contributed by atoms with Gasteiger partial charge in [0.05, 0.1) is 18.6 Å². The summed E-state index contributed by atoms with van der Waals surface area (Å²) >= 11 is 0. The van der Waals surface area contributed by atoms with Crippen molar-refractivity contribution in [1.29, 1.82) is 0 Å². The number of carbonyl (C=O) groups excluding carboxylic acids is 1. The Hall–Kier alpha value is -1.14. The Morgan fingerprint density at radius 2 is 2.11 bits per heavy atom. The number of methoxy groups -OCH3 is 1. The number of rotatable bonds is 7. The molecule has 0 aliphatic carbocycles. The second-order valence-electron chi connectivity index (χ2n) is 4.55. The van der Waals surface area contributed by atoms with Gasteiger partial charge in [-0.05, 0) is 12.8 Å². The molecule has 18 heavy (non-hydrogen) atoms. The molecule has 1 saturated heterocycles. The fourth-order valence-electron chi connectivity index (χ4n) is 2.09. The number of likely N-dealkylation sites (tertiary alicyclic amines) is 1. The van der Waals surface area contributed by atoms with E-state index in [1.807, 2.05) is 6.92 Å². The van der Waals surface area contributed by atoms with Gasteiger partial charge < -0.3 is 19.5 Å². The Morgan fingerprint density at radius 3 is 2.61 bits per heavy atom. The van der Waals surface area contributed by atoms with Crippen molar-refractivity contribution < 1.29 is 24.2 Å². The second kappa shape index (κ2) is 6.70. The summed E-state index contributed by atoms with van der Waals surface area (Å²) in [4.78, 5) is 24.6. The molecule has 0 radical (unpaired) electrons. The summed E-state index contributed by atoms with van der Waals surface area (Å²) in [6, 6.07) is 0. The average molecular weight is 259 g/mol. The molecular weight excluding hydrogens is 238 g/mol. The zero-order valence-electron chi connectivity index (χ0n) is 11.0. The normalized spacial score (nSPS) is 23.3. The van der Waals surface area contributed by atoms with Crippen LogP contribution in [0.4, 0.5) is 0 Å². The highest BCUT2D eigenvalue weighted by molar-refractivity contribution is 5.81. The SMILES string of the molecule is CCC1(C(=O)O)CCN(C(=O)COCCOC)C1. The largest absolute Gasteiger partial charge is 0.481 e. The molecule has 1 aliphatic rings. The number of amides is 1. The van der Waals surface area contributed by atoms with E-state index >= 15 is 0 Å². The van der Waals surface area contributed by atoms with Gasteiger partial charge in [0.2, 0.25) is 5.91 Å². The van der Waals surface area contributed by atoms with Gasteiger partial charge in [-0.3, -0.25) is 9.59 Å². The fraction of sp³-hybridized carbons (Fsp3) is 0.833. The smallest absolute Gasteiger partial charge is 0.311 e. The monoisotopic (exact) mass is 259 g/mol. The number of hydrogen-bond acceptors (Lipinski definition) is 4. The Kier molecular flexibility index (Phi) is 5.55. The van der Waals surface area contributed by atoms with E-state index in [4.69, 9.17) is 9.47 Å². The molecule has 0 spiro atoms. The van der Waals surface area contributed by atoms with Crippen molar-refractivity contribution in [2.24, 2.45) is 5.41 Å². The van der Waals surface area contributed by atoms with E-state index in [1.54, 1.807) is 12.0 Å². The Balaban J connectivity index is 2.41. The highest BCUT2D eigenvalue weighted by atomic mass is 16.5. The van der Waals surface area contributed by atoms with E-state index in [9.17, 15) is 14.7 Å². The molecule has 1 fully saturated rings. The summed E-state index contributed by atoms with van der Waals surface area (Å²) in [6.07, 6.45) is 1.05. The topological polar surface area (TPSA) is 76.1 Å². The maximum absolute atomic E-state index is 11.8. The van der Waals surface area contributed by atoms with Crippen LogP contribution in [0.15, 0.2) is 0 Å². The lowest BCUT2D eigenvalue weighted by atomic mass is 9.84. The Labute approximate surface area is 107 Å². The highest BCUT2D eigenvalue weighted by Gasteiger charge is 2.44. The molecule has 0 saturated carbocycles. The van der Waals surface area contributed by atoms with E-state index in [2.05, 4.69) is 0 Å². The van der Waals surface area contributed by atoms with Crippen molar-refractivity contribution in [3.05, 3.63) is 0 Å². The Morgan fingerprint density at radius 1 is 1.39 bits per heavy atom. The van der Waals surface area contributed by atoms with E-state index in [1.165, 1.54) is 0 Å². The van der Waals surface area contributed by atoms with E-state index < -0.39 is 11.4 Å². The quantitative estimate of drug-likeness (QED) is 0.668. The van der Waals surface area contributed by atoms with Gasteiger partial charge in [-0.2, -0.15) is 0 Å². The number of hydrogen-bond donors (Lipinski definition) is 1.